The predicted molar refractivity (Wildman–Crippen MR) is 83.8 cm³/mol. The average Bonchev–Trinajstić information content (AvgIpc) is 2.75. The van der Waals surface area contributed by atoms with E-state index in [2.05, 4.69) is 77.8 Å². The Bertz CT molecular complexity index is 859. The van der Waals surface area contributed by atoms with E-state index in [1.807, 2.05) is 6.20 Å². The zero-order valence-electron chi connectivity index (χ0n) is 11.0. The van der Waals surface area contributed by atoms with Crippen LogP contribution in [0.4, 0.5) is 0 Å². The van der Waals surface area contributed by atoms with Gasteiger partial charge in [-0.05, 0) is 22.6 Å². The van der Waals surface area contributed by atoms with Gasteiger partial charge in [-0.2, -0.15) is 0 Å². The Labute approximate surface area is 117 Å². The molecule has 20 heavy (non-hydrogen) atoms. The lowest BCUT2D eigenvalue weighted by Gasteiger charge is -2.06. The fourth-order valence-electron chi connectivity index (χ4n) is 2.76. The van der Waals surface area contributed by atoms with Crippen LogP contribution in [0.5, 0.6) is 0 Å². The van der Waals surface area contributed by atoms with Crippen LogP contribution in [0, 0.1) is 0 Å². The van der Waals surface area contributed by atoms with Crippen molar-refractivity contribution in [2.45, 2.75) is 0 Å². The molecule has 0 unspecified atom stereocenters. The number of pyridine rings is 1. The number of rotatable bonds is 1. The van der Waals surface area contributed by atoms with Crippen molar-refractivity contribution in [3.63, 3.8) is 0 Å². The molecule has 0 radical (unpaired) electrons. The van der Waals surface area contributed by atoms with Gasteiger partial charge in [-0.15, -0.1) is 0 Å². The first-order chi connectivity index (χ1) is 9.93. The Morgan fingerprint density at radius 3 is 2.45 bits per heavy atom. The fourth-order valence-corrected chi connectivity index (χ4v) is 2.76. The number of hydrogen-bond donors (Lipinski definition) is 0. The Morgan fingerprint density at radius 2 is 1.45 bits per heavy atom. The van der Waals surface area contributed by atoms with Crippen LogP contribution < -0.4 is 0 Å². The fraction of sp³-hybridized carbons (Fsp3) is 0. The Kier molecular flexibility index (Phi) is 2.49. The van der Waals surface area contributed by atoms with Crippen molar-refractivity contribution in [3.8, 4) is 22.4 Å². The van der Waals surface area contributed by atoms with Crippen LogP contribution in [0.2, 0.25) is 0 Å². The molecule has 0 bridgehead atoms. The molecule has 1 nitrogen and oxygen atoms in total. The Hall–Kier alpha value is -2.67. The van der Waals surface area contributed by atoms with Crippen molar-refractivity contribution in [2.75, 3.05) is 0 Å². The molecule has 0 aliphatic heterocycles. The highest BCUT2D eigenvalue weighted by molar-refractivity contribution is 5.99. The van der Waals surface area contributed by atoms with E-state index in [9.17, 15) is 0 Å². The van der Waals surface area contributed by atoms with E-state index in [0.717, 1.165) is 5.69 Å². The van der Waals surface area contributed by atoms with Gasteiger partial charge < -0.3 is 0 Å². The average molecular weight is 255 g/mol. The van der Waals surface area contributed by atoms with Crippen molar-refractivity contribution in [1.29, 1.82) is 0 Å². The highest BCUT2D eigenvalue weighted by Gasteiger charge is 2.12. The first kappa shape index (κ1) is 11.2. The van der Waals surface area contributed by atoms with Gasteiger partial charge >= 0.3 is 0 Å². The van der Waals surface area contributed by atoms with Crippen molar-refractivity contribution in [1.82, 2.24) is 4.98 Å². The quantitative estimate of drug-likeness (QED) is 0.466. The number of fused-ring (bicyclic) bond motifs is 2. The second-order valence-electron chi connectivity index (χ2n) is 4.91. The van der Waals surface area contributed by atoms with Crippen molar-refractivity contribution < 1.29 is 0 Å². The standard InChI is InChI=1S/C19H13N/c1-2-6-14-10-11-18(16(14)8-3-1)19-17-9-5-4-7-15(17)12-13-20-19/h1-13H. The molecule has 1 heteroatoms. The SMILES string of the molecule is c1ccc2ccc(-c3nccc4ccccc34)c-2cc1. The lowest BCUT2D eigenvalue weighted by Crippen LogP contribution is -1.85. The minimum Gasteiger partial charge on any atom is -0.256 e. The van der Waals surface area contributed by atoms with Gasteiger partial charge in [0.2, 0.25) is 0 Å². The largest absolute Gasteiger partial charge is 0.256 e. The monoisotopic (exact) mass is 255 g/mol. The van der Waals surface area contributed by atoms with Gasteiger partial charge in [-0.1, -0.05) is 66.7 Å². The Morgan fingerprint density at radius 1 is 0.600 bits per heavy atom. The van der Waals surface area contributed by atoms with Crippen LogP contribution in [0.15, 0.2) is 79.0 Å². The van der Waals surface area contributed by atoms with Gasteiger partial charge in [-0.25, -0.2) is 0 Å². The minimum absolute atomic E-state index is 1.06. The van der Waals surface area contributed by atoms with Gasteiger partial charge in [0.15, 0.2) is 0 Å². The van der Waals surface area contributed by atoms with Gasteiger partial charge in [-0.3, -0.25) is 4.98 Å². The molecular weight excluding hydrogens is 242 g/mol. The second kappa shape index (κ2) is 4.46. The molecule has 2 aromatic rings. The van der Waals surface area contributed by atoms with Crippen molar-refractivity contribution in [3.05, 3.63) is 79.0 Å². The Balaban J connectivity index is 2.04. The molecule has 0 amide bonds. The van der Waals surface area contributed by atoms with Crippen LogP contribution in [-0.4, -0.2) is 4.98 Å². The third-order valence-corrected chi connectivity index (χ3v) is 3.72. The lowest BCUT2D eigenvalue weighted by atomic mass is 10.0. The third kappa shape index (κ3) is 1.68. The third-order valence-electron chi connectivity index (χ3n) is 3.72. The van der Waals surface area contributed by atoms with E-state index >= 15 is 0 Å². The maximum atomic E-state index is 4.62. The second-order valence-corrected chi connectivity index (χ2v) is 4.91. The molecule has 4 rings (SSSR count). The number of hydrogen-bond acceptors (Lipinski definition) is 1. The van der Waals surface area contributed by atoms with Gasteiger partial charge in [0.05, 0.1) is 5.69 Å². The summed E-state index contributed by atoms with van der Waals surface area (Å²) in [7, 11) is 0. The molecule has 0 atom stereocenters. The van der Waals surface area contributed by atoms with E-state index in [4.69, 9.17) is 0 Å². The normalized spacial score (nSPS) is 11.0. The molecule has 2 aliphatic rings. The maximum absolute atomic E-state index is 4.62. The highest BCUT2D eigenvalue weighted by Crippen LogP contribution is 2.36. The summed E-state index contributed by atoms with van der Waals surface area (Å²) in [6.07, 6.45) is 1.89. The molecule has 0 spiro atoms. The van der Waals surface area contributed by atoms with Crippen LogP contribution in [0.3, 0.4) is 0 Å². The summed E-state index contributed by atoms with van der Waals surface area (Å²) in [5, 5.41) is 2.43. The first-order valence-electron chi connectivity index (χ1n) is 6.75. The van der Waals surface area contributed by atoms with E-state index < -0.39 is 0 Å². The first-order valence-corrected chi connectivity index (χ1v) is 6.75. The van der Waals surface area contributed by atoms with Crippen molar-refractivity contribution >= 4 is 10.8 Å². The number of aromatic nitrogens is 1. The summed E-state index contributed by atoms with van der Waals surface area (Å²) < 4.78 is 0. The van der Waals surface area contributed by atoms with E-state index in [-0.39, 0.29) is 0 Å². The summed E-state index contributed by atoms with van der Waals surface area (Å²) in [6.45, 7) is 0. The zero-order valence-corrected chi connectivity index (χ0v) is 11.0. The molecule has 0 N–H and O–H groups in total. The van der Waals surface area contributed by atoms with Gasteiger partial charge in [0.1, 0.15) is 0 Å². The summed E-state index contributed by atoms with van der Waals surface area (Å²) in [6, 6.07) is 25.3. The van der Waals surface area contributed by atoms with Gasteiger partial charge in [0, 0.05) is 17.1 Å². The summed E-state index contributed by atoms with van der Waals surface area (Å²) in [5.74, 6) is 0. The van der Waals surface area contributed by atoms with Crippen LogP contribution >= 0.6 is 0 Å². The molecule has 1 heterocycles. The molecule has 2 aliphatic carbocycles. The van der Waals surface area contributed by atoms with Crippen LogP contribution in [0.1, 0.15) is 0 Å². The molecule has 0 fully saturated rings. The number of benzene rings is 1. The van der Waals surface area contributed by atoms with Crippen molar-refractivity contribution in [2.24, 2.45) is 0 Å². The summed E-state index contributed by atoms with van der Waals surface area (Å²) in [5.41, 5.74) is 4.76. The van der Waals surface area contributed by atoms with E-state index in [1.54, 1.807) is 0 Å². The topological polar surface area (TPSA) is 12.9 Å². The lowest BCUT2D eigenvalue weighted by molar-refractivity contribution is 1.36. The van der Waals surface area contributed by atoms with E-state index in [1.165, 1.54) is 27.5 Å². The zero-order chi connectivity index (χ0) is 13.4. The van der Waals surface area contributed by atoms with Gasteiger partial charge in [0.25, 0.3) is 0 Å². The minimum atomic E-state index is 1.06. The van der Waals surface area contributed by atoms with E-state index in [0.29, 0.717) is 0 Å². The maximum Gasteiger partial charge on any atom is 0.0786 e. The predicted octanol–water partition coefficient (Wildman–Crippen LogP) is 5.01. The van der Waals surface area contributed by atoms with Crippen LogP contribution in [0.25, 0.3) is 33.2 Å². The molecule has 94 valence electrons. The summed E-state index contributed by atoms with van der Waals surface area (Å²) >= 11 is 0. The van der Waals surface area contributed by atoms with Crippen LogP contribution in [-0.2, 0) is 0 Å². The molecule has 0 saturated carbocycles. The highest BCUT2D eigenvalue weighted by atomic mass is 14.7. The summed E-state index contributed by atoms with van der Waals surface area (Å²) in [4.78, 5) is 4.62. The molecular formula is C19H13N. The number of nitrogens with zero attached hydrogens (tertiary/aromatic N) is 1. The molecule has 1 aromatic heterocycles. The molecule has 0 saturated heterocycles. The smallest absolute Gasteiger partial charge is 0.0786 e. The molecule has 1 aromatic carbocycles.